The van der Waals surface area contributed by atoms with Crippen molar-refractivity contribution < 1.29 is 21.9 Å². The molecule has 0 aliphatic rings. The van der Waals surface area contributed by atoms with E-state index in [9.17, 15) is 10.1 Å². The molecule has 3 aromatic rings. The molecule has 2 heterocycles. The number of nitro groups is 1. The van der Waals surface area contributed by atoms with Crippen LogP contribution in [0.15, 0.2) is 40.7 Å². The standard InChI is InChI=1S/C14H14N5O2S.ClH/c1-9-13(10-6-4-5-7-11(10)18(9)3)15-16-14-17(2)8-12(22-14)19(20)21;/h4-8H,1-3H3;1H/q+1;/p-1. The molecule has 0 amide bonds. The molecule has 0 spiro atoms. The molecule has 0 aliphatic heterocycles. The van der Waals surface area contributed by atoms with Crippen LogP contribution in [0.4, 0.5) is 15.8 Å². The molecule has 0 fully saturated rings. The lowest BCUT2D eigenvalue weighted by Crippen LogP contribution is -3.00. The van der Waals surface area contributed by atoms with Gasteiger partial charge in [-0.1, -0.05) is 18.2 Å². The van der Waals surface area contributed by atoms with E-state index in [1.54, 1.807) is 11.6 Å². The second kappa shape index (κ2) is 6.43. The van der Waals surface area contributed by atoms with Gasteiger partial charge in [0.2, 0.25) is 0 Å². The lowest BCUT2D eigenvalue weighted by atomic mass is 10.2. The highest BCUT2D eigenvalue weighted by Crippen LogP contribution is 2.34. The summed E-state index contributed by atoms with van der Waals surface area (Å²) in [4.78, 5) is 10.4. The number of halogens is 1. The molecule has 0 atom stereocenters. The van der Waals surface area contributed by atoms with Gasteiger partial charge in [-0.25, -0.2) is 4.57 Å². The third kappa shape index (κ3) is 2.95. The average Bonchev–Trinajstić information content (AvgIpc) is 2.98. The van der Waals surface area contributed by atoms with Crippen LogP contribution in [-0.2, 0) is 14.1 Å². The number of fused-ring (bicyclic) bond motifs is 1. The largest absolute Gasteiger partial charge is 1.00 e. The SMILES string of the molecule is Cc1c(N=Nc2sc([N+](=O)[O-])c[n+]2C)c2ccccc2n1C.[Cl-]. The molecular formula is C14H14ClN5O2S. The molecule has 23 heavy (non-hydrogen) atoms. The number of aromatic nitrogens is 2. The summed E-state index contributed by atoms with van der Waals surface area (Å²) in [6.07, 6.45) is 1.44. The highest BCUT2D eigenvalue weighted by atomic mass is 35.5. The molecule has 0 aliphatic carbocycles. The maximum absolute atomic E-state index is 10.8. The van der Waals surface area contributed by atoms with Gasteiger partial charge in [0.1, 0.15) is 5.69 Å². The van der Waals surface area contributed by atoms with Gasteiger partial charge in [-0.3, -0.25) is 10.1 Å². The second-order valence-electron chi connectivity index (χ2n) is 4.93. The molecule has 120 valence electrons. The Balaban J connectivity index is 0.00000192. The minimum atomic E-state index is -0.424. The molecule has 1 aromatic carbocycles. The summed E-state index contributed by atoms with van der Waals surface area (Å²) in [5.74, 6) is 0. The third-order valence-electron chi connectivity index (χ3n) is 3.58. The number of aryl methyl sites for hydroxylation is 2. The number of hydrogen-bond acceptors (Lipinski definition) is 5. The summed E-state index contributed by atoms with van der Waals surface area (Å²) in [6.45, 7) is 1.98. The summed E-state index contributed by atoms with van der Waals surface area (Å²) in [5, 5.41) is 20.9. The van der Waals surface area contributed by atoms with Crippen molar-refractivity contribution in [3.63, 3.8) is 0 Å². The summed E-state index contributed by atoms with van der Waals surface area (Å²) in [6, 6.07) is 7.95. The fraction of sp³-hybridized carbons (Fsp3) is 0.214. The Labute approximate surface area is 142 Å². The van der Waals surface area contributed by atoms with Crippen LogP contribution in [0.2, 0.25) is 0 Å². The predicted octanol–water partition coefficient (Wildman–Crippen LogP) is 0.700. The zero-order valence-electron chi connectivity index (χ0n) is 12.7. The van der Waals surface area contributed by atoms with Crippen molar-refractivity contribution >= 4 is 38.1 Å². The Kier molecular flexibility index (Phi) is 4.76. The first-order valence-electron chi connectivity index (χ1n) is 6.58. The van der Waals surface area contributed by atoms with E-state index in [-0.39, 0.29) is 17.4 Å². The molecule has 0 radical (unpaired) electrons. The summed E-state index contributed by atoms with van der Waals surface area (Å²) in [5.41, 5.74) is 2.86. The van der Waals surface area contributed by atoms with E-state index in [0.29, 0.717) is 5.13 Å². The Morgan fingerprint density at radius 1 is 1.30 bits per heavy atom. The van der Waals surface area contributed by atoms with E-state index >= 15 is 0 Å². The smallest absolute Gasteiger partial charge is 0.414 e. The van der Waals surface area contributed by atoms with Crippen LogP contribution in [0, 0.1) is 17.0 Å². The topological polar surface area (TPSA) is 76.7 Å². The number of hydrogen-bond donors (Lipinski definition) is 0. The van der Waals surface area contributed by atoms with Crippen molar-refractivity contribution in [3.8, 4) is 0 Å². The fourth-order valence-electron chi connectivity index (χ4n) is 2.31. The minimum absolute atomic E-state index is 0. The second-order valence-corrected chi connectivity index (χ2v) is 5.92. The van der Waals surface area contributed by atoms with Crippen LogP contribution < -0.4 is 17.0 Å². The molecule has 0 bridgehead atoms. The zero-order chi connectivity index (χ0) is 15.9. The molecule has 0 saturated heterocycles. The van der Waals surface area contributed by atoms with Crippen LogP contribution in [0.5, 0.6) is 0 Å². The number of benzene rings is 1. The van der Waals surface area contributed by atoms with E-state index in [0.717, 1.165) is 33.6 Å². The van der Waals surface area contributed by atoms with Gasteiger partial charge in [-0.15, -0.1) is 0 Å². The van der Waals surface area contributed by atoms with Crippen molar-refractivity contribution in [2.24, 2.45) is 24.3 Å². The molecule has 7 nitrogen and oxygen atoms in total. The van der Waals surface area contributed by atoms with Crippen LogP contribution in [0.1, 0.15) is 5.69 Å². The number of para-hydroxylation sites is 1. The quantitative estimate of drug-likeness (QED) is 0.301. The van der Waals surface area contributed by atoms with Crippen LogP contribution in [0.3, 0.4) is 0 Å². The molecule has 0 N–H and O–H groups in total. The van der Waals surface area contributed by atoms with Gasteiger partial charge < -0.3 is 17.0 Å². The monoisotopic (exact) mass is 351 g/mol. The normalized spacial score (nSPS) is 11.1. The van der Waals surface area contributed by atoms with Gasteiger partial charge >= 0.3 is 10.1 Å². The molecule has 2 aromatic heterocycles. The van der Waals surface area contributed by atoms with Gasteiger partial charge in [0.05, 0.1) is 22.6 Å². The number of thiazole rings is 1. The highest BCUT2D eigenvalue weighted by Gasteiger charge is 2.22. The Bertz CT molecular complexity index is 915. The summed E-state index contributed by atoms with van der Waals surface area (Å²) in [7, 11) is 3.69. The van der Waals surface area contributed by atoms with Crippen molar-refractivity contribution in [2.75, 3.05) is 0 Å². The average molecular weight is 352 g/mol. The third-order valence-corrected chi connectivity index (χ3v) is 4.60. The number of nitrogens with zero attached hydrogens (tertiary/aromatic N) is 5. The first-order valence-corrected chi connectivity index (χ1v) is 7.40. The molecule has 9 heteroatoms. The lowest BCUT2D eigenvalue weighted by molar-refractivity contribution is -0.656. The summed E-state index contributed by atoms with van der Waals surface area (Å²) >= 11 is 1.00. The van der Waals surface area contributed by atoms with Gasteiger partial charge in [-0.2, -0.15) is 0 Å². The van der Waals surface area contributed by atoms with Crippen molar-refractivity contribution in [2.45, 2.75) is 6.92 Å². The van der Waals surface area contributed by atoms with Crippen molar-refractivity contribution in [3.05, 3.63) is 46.3 Å². The highest BCUT2D eigenvalue weighted by molar-refractivity contribution is 7.17. The van der Waals surface area contributed by atoms with Gasteiger partial charge in [0.25, 0.3) is 0 Å². The van der Waals surface area contributed by atoms with Crippen LogP contribution in [0.25, 0.3) is 10.9 Å². The van der Waals surface area contributed by atoms with Gasteiger partial charge in [0.15, 0.2) is 6.20 Å². The van der Waals surface area contributed by atoms with E-state index in [2.05, 4.69) is 14.8 Å². The van der Waals surface area contributed by atoms with E-state index in [1.807, 2.05) is 38.2 Å². The van der Waals surface area contributed by atoms with E-state index in [1.165, 1.54) is 6.20 Å². The zero-order valence-corrected chi connectivity index (χ0v) is 14.3. The molecule has 0 saturated carbocycles. The van der Waals surface area contributed by atoms with E-state index in [4.69, 9.17) is 0 Å². The number of azo groups is 1. The Morgan fingerprint density at radius 2 is 2.00 bits per heavy atom. The Morgan fingerprint density at radius 3 is 2.65 bits per heavy atom. The van der Waals surface area contributed by atoms with Crippen LogP contribution in [-0.4, -0.2) is 9.49 Å². The number of rotatable bonds is 3. The van der Waals surface area contributed by atoms with Gasteiger partial charge in [0, 0.05) is 29.5 Å². The first-order chi connectivity index (χ1) is 10.5. The minimum Gasteiger partial charge on any atom is -1.00 e. The maximum Gasteiger partial charge on any atom is 0.414 e. The predicted molar refractivity (Wildman–Crippen MR) is 84.0 cm³/mol. The van der Waals surface area contributed by atoms with Crippen LogP contribution >= 0.6 is 11.3 Å². The van der Waals surface area contributed by atoms with Gasteiger partial charge in [-0.05, 0) is 18.1 Å². The summed E-state index contributed by atoms with van der Waals surface area (Å²) < 4.78 is 3.66. The molecule has 3 rings (SSSR count). The molecule has 0 unspecified atom stereocenters. The molecular weight excluding hydrogens is 338 g/mol. The first kappa shape index (κ1) is 17.0. The van der Waals surface area contributed by atoms with Crippen molar-refractivity contribution in [1.29, 1.82) is 0 Å². The Hall–Kier alpha value is -2.32. The van der Waals surface area contributed by atoms with E-state index < -0.39 is 4.92 Å². The lowest BCUT2D eigenvalue weighted by Gasteiger charge is -1.96. The maximum atomic E-state index is 10.8. The fourth-order valence-corrected chi connectivity index (χ4v) is 3.06. The van der Waals surface area contributed by atoms with Crippen molar-refractivity contribution in [1.82, 2.24) is 4.57 Å².